The van der Waals surface area contributed by atoms with Crippen molar-refractivity contribution in [2.45, 2.75) is 13.8 Å². The predicted molar refractivity (Wildman–Crippen MR) is 102 cm³/mol. The molecule has 27 heavy (non-hydrogen) atoms. The van der Waals surface area contributed by atoms with Crippen LogP contribution in [-0.2, 0) is 9.53 Å². The molecule has 0 unspecified atom stereocenters. The van der Waals surface area contributed by atoms with Crippen molar-refractivity contribution in [3.63, 3.8) is 0 Å². The molecule has 0 radical (unpaired) electrons. The van der Waals surface area contributed by atoms with Gasteiger partial charge in [0.05, 0.1) is 12.3 Å². The van der Waals surface area contributed by atoms with Gasteiger partial charge in [-0.25, -0.2) is 4.79 Å². The van der Waals surface area contributed by atoms with Crippen LogP contribution in [0.1, 0.15) is 23.0 Å². The first kappa shape index (κ1) is 18.8. The number of aryl methyl sites for hydroxylation is 1. The van der Waals surface area contributed by atoms with Gasteiger partial charge in [-0.2, -0.15) is 0 Å². The highest BCUT2D eigenvalue weighted by molar-refractivity contribution is 6.31. The Bertz CT molecular complexity index is 995. The van der Waals surface area contributed by atoms with Gasteiger partial charge in [-0.1, -0.05) is 23.7 Å². The van der Waals surface area contributed by atoms with Crippen LogP contribution in [0.4, 0.5) is 5.69 Å². The van der Waals surface area contributed by atoms with Crippen LogP contribution in [0.15, 0.2) is 46.9 Å². The third-order valence-corrected chi connectivity index (χ3v) is 4.11. The molecule has 3 rings (SSSR count). The Labute approximate surface area is 161 Å². The smallest absolute Gasteiger partial charge is 0.375 e. The summed E-state index contributed by atoms with van der Waals surface area (Å²) in [6, 6.07) is 12.1. The number of carbonyl (C=O) groups is 2. The Morgan fingerprint density at radius 1 is 1.19 bits per heavy atom. The largest absolute Gasteiger partial charge is 0.492 e. The quantitative estimate of drug-likeness (QED) is 0.626. The summed E-state index contributed by atoms with van der Waals surface area (Å²) in [6.07, 6.45) is 0. The van der Waals surface area contributed by atoms with Gasteiger partial charge in [0.25, 0.3) is 5.91 Å². The molecule has 1 heterocycles. The molecule has 0 spiro atoms. The Hall–Kier alpha value is -2.99. The number of hydrogen-bond acceptors (Lipinski definition) is 5. The van der Waals surface area contributed by atoms with Crippen molar-refractivity contribution in [2.24, 2.45) is 0 Å². The molecule has 0 bridgehead atoms. The number of carbonyl (C=O) groups excluding carboxylic acids is 2. The molecule has 0 saturated carbocycles. The van der Waals surface area contributed by atoms with Gasteiger partial charge in [-0.3, -0.25) is 4.79 Å². The zero-order chi connectivity index (χ0) is 19.4. The first-order valence-electron chi connectivity index (χ1n) is 8.37. The Balaban J connectivity index is 1.66. The maximum absolute atomic E-state index is 12.3. The van der Waals surface area contributed by atoms with E-state index in [2.05, 4.69) is 5.32 Å². The molecule has 140 valence electrons. The van der Waals surface area contributed by atoms with E-state index < -0.39 is 18.5 Å². The number of nitrogens with one attached hydrogen (secondary N) is 1. The molecular formula is C20H18ClNO5. The van der Waals surface area contributed by atoms with Crippen molar-refractivity contribution < 1.29 is 23.5 Å². The molecule has 2 aromatic carbocycles. The molecule has 7 heteroatoms. The highest BCUT2D eigenvalue weighted by Crippen LogP contribution is 2.28. The summed E-state index contributed by atoms with van der Waals surface area (Å²) in [5, 5.41) is 3.93. The summed E-state index contributed by atoms with van der Waals surface area (Å²) >= 11 is 5.97. The van der Waals surface area contributed by atoms with Crippen LogP contribution in [-0.4, -0.2) is 25.1 Å². The van der Waals surface area contributed by atoms with Crippen LogP contribution in [0.3, 0.4) is 0 Å². The zero-order valence-corrected chi connectivity index (χ0v) is 15.6. The summed E-state index contributed by atoms with van der Waals surface area (Å²) in [5.41, 5.74) is 1.65. The summed E-state index contributed by atoms with van der Waals surface area (Å²) in [7, 11) is 0. The number of halogens is 1. The van der Waals surface area contributed by atoms with E-state index in [9.17, 15) is 9.59 Å². The number of esters is 1. The Morgan fingerprint density at radius 3 is 2.74 bits per heavy atom. The average Bonchev–Trinajstić information content (AvgIpc) is 2.98. The number of para-hydroxylation sites is 2. The molecule has 0 aliphatic rings. The summed E-state index contributed by atoms with van der Waals surface area (Å²) in [4.78, 5) is 24.4. The third kappa shape index (κ3) is 4.23. The molecule has 6 nitrogen and oxygen atoms in total. The number of hydrogen-bond donors (Lipinski definition) is 1. The van der Waals surface area contributed by atoms with E-state index in [1.807, 2.05) is 6.92 Å². The molecule has 0 aliphatic heterocycles. The Kier molecular flexibility index (Phi) is 5.66. The lowest BCUT2D eigenvalue weighted by Crippen LogP contribution is -2.21. The molecule has 0 saturated heterocycles. The van der Waals surface area contributed by atoms with E-state index in [-0.39, 0.29) is 5.76 Å². The van der Waals surface area contributed by atoms with Crippen LogP contribution in [0, 0.1) is 6.92 Å². The van der Waals surface area contributed by atoms with Gasteiger partial charge >= 0.3 is 5.97 Å². The van der Waals surface area contributed by atoms with Gasteiger partial charge < -0.3 is 19.2 Å². The lowest BCUT2D eigenvalue weighted by molar-refractivity contribution is -0.119. The lowest BCUT2D eigenvalue weighted by atomic mass is 10.1. The van der Waals surface area contributed by atoms with E-state index in [0.717, 1.165) is 5.39 Å². The van der Waals surface area contributed by atoms with Gasteiger partial charge in [0.15, 0.2) is 6.61 Å². The van der Waals surface area contributed by atoms with Gasteiger partial charge in [-0.05, 0) is 44.2 Å². The highest BCUT2D eigenvalue weighted by Gasteiger charge is 2.20. The molecule has 0 aliphatic carbocycles. The number of ether oxygens (including phenoxy) is 2. The average molecular weight is 388 g/mol. The minimum atomic E-state index is -0.715. The van der Waals surface area contributed by atoms with Crippen LogP contribution >= 0.6 is 11.6 Å². The Morgan fingerprint density at radius 2 is 1.96 bits per heavy atom. The first-order valence-corrected chi connectivity index (χ1v) is 8.75. The monoisotopic (exact) mass is 387 g/mol. The highest BCUT2D eigenvalue weighted by atomic mass is 35.5. The van der Waals surface area contributed by atoms with Gasteiger partial charge in [0, 0.05) is 16.0 Å². The summed E-state index contributed by atoms with van der Waals surface area (Å²) in [6.45, 7) is 3.61. The fourth-order valence-electron chi connectivity index (χ4n) is 2.62. The molecule has 1 amide bonds. The number of amides is 1. The van der Waals surface area contributed by atoms with E-state index in [0.29, 0.717) is 34.2 Å². The summed E-state index contributed by atoms with van der Waals surface area (Å²) in [5.74, 6) is -0.597. The number of furan rings is 1. The van der Waals surface area contributed by atoms with Crippen molar-refractivity contribution >= 4 is 40.1 Å². The van der Waals surface area contributed by atoms with E-state index >= 15 is 0 Å². The van der Waals surface area contributed by atoms with Gasteiger partial charge in [0.1, 0.15) is 11.3 Å². The number of benzene rings is 2. The van der Waals surface area contributed by atoms with Crippen LogP contribution in [0.2, 0.25) is 5.02 Å². The van der Waals surface area contributed by atoms with Crippen LogP contribution < -0.4 is 10.1 Å². The zero-order valence-electron chi connectivity index (χ0n) is 14.9. The maximum Gasteiger partial charge on any atom is 0.375 e. The molecule has 1 aromatic heterocycles. The fraction of sp³-hybridized carbons (Fsp3) is 0.200. The van der Waals surface area contributed by atoms with Gasteiger partial charge in [-0.15, -0.1) is 0 Å². The second-order valence-corrected chi connectivity index (χ2v) is 6.19. The molecule has 0 fully saturated rings. The lowest BCUT2D eigenvalue weighted by Gasteiger charge is -2.11. The van der Waals surface area contributed by atoms with E-state index in [1.54, 1.807) is 49.4 Å². The second kappa shape index (κ2) is 8.14. The van der Waals surface area contributed by atoms with Crippen LogP contribution in [0.5, 0.6) is 5.75 Å². The fourth-order valence-corrected chi connectivity index (χ4v) is 2.79. The molecule has 1 N–H and O–H groups in total. The minimum absolute atomic E-state index is 0.0507. The molecule has 0 atom stereocenters. The number of fused-ring (bicyclic) bond motifs is 1. The van der Waals surface area contributed by atoms with Crippen LogP contribution in [0.25, 0.3) is 11.0 Å². The van der Waals surface area contributed by atoms with Crippen molar-refractivity contribution in [2.75, 3.05) is 18.5 Å². The summed E-state index contributed by atoms with van der Waals surface area (Å²) < 4.78 is 16.1. The third-order valence-electron chi connectivity index (χ3n) is 3.88. The molecule has 3 aromatic rings. The van der Waals surface area contributed by atoms with Gasteiger partial charge in [0.2, 0.25) is 5.76 Å². The van der Waals surface area contributed by atoms with Crippen molar-refractivity contribution in [3.05, 3.63) is 58.8 Å². The normalized spacial score (nSPS) is 10.6. The standard InChI is InChI=1S/C20H18ClNO5/c1-3-25-17-7-5-4-6-15(17)22-18(23)11-26-20(24)19-12(2)14-10-13(21)8-9-16(14)27-19/h4-10H,3,11H2,1-2H3,(H,22,23). The maximum atomic E-state index is 12.3. The minimum Gasteiger partial charge on any atom is -0.492 e. The van der Waals surface area contributed by atoms with Crippen molar-refractivity contribution in [1.29, 1.82) is 0 Å². The number of anilines is 1. The van der Waals surface area contributed by atoms with Crippen molar-refractivity contribution in [1.82, 2.24) is 0 Å². The topological polar surface area (TPSA) is 77.8 Å². The first-order chi connectivity index (χ1) is 13.0. The predicted octanol–water partition coefficient (Wildman–Crippen LogP) is 4.59. The number of rotatable bonds is 6. The molecular weight excluding hydrogens is 370 g/mol. The van der Waals surface area contributed by atoms with Crippen molar-refractivity contribution in [3.8, 4) is 5.75 Å². The van der Waals surface area contributed by atoms with E-state index in [4.69, 9.17) is 25.5 Å². The van der Waals surface area contributed by atoms with E-state index in [1.165, 1.54) is 0 Å². The SMILES string of the molecule is CCOc1ccccc1NC(=O)COC(=O)c1oc2ccc(Cl)cc2c1C. The second-order valence-electron chi connectivity index (χ2n) is 5.75.